The summed E-state index contributed by atoms with van der Waals surface area (Å²) in [7, 11) is 3.93. The number of hydrogen-bond acceptors (Lipinski definition) is 3. The lowest BCUT2D eigenvalue weighted by Crippen LogP contribution is -2.17. The summed E-state index contributed by atoms with van der Waals surface area (Å²) in [5.41, 5.74) is 0. The molecule has 1 aliphatic rings. The second-order valence-corrected chi connectivity index (χ2v) is 4.73. The van der Waals surface area contributed by atoms with Gasteiger partial charge in [-0.1, -0.05) is 26.1 Å². The number of nitrogens with zero attached hydrogens (tertiary/aromatic N) is 1. The third-order valence-electron chi connectivity index (χ3n) is 1.30. The maximum Gasteiger partial charge on any atom is 0.0771 e. The van der Waals surface area contributed by atoms with Crippen molar-refractivity contribution in [2.75, 3.05) is 26.1 Å². The molecule has 1 fully saturated rings. The maximum atomic E-state index is 4.91. The predicted octanol–water partition coefficient (Wildman–Crippen LogP) is 2.95. The van der Waals surface area contributed by atoms with Crippen molar-refractivity contribution in [2.45, 2.75) is 25.5 Å². The number of thiol groups is 1. The van der Waals surface area contributed by atoms with Gasteiger partial charge in [0.15, 0.2) is 0 Å². The molecule has 1 rings (SSSR count). The Morgan fingerprint density at radius 2 is 1.85 bits per heavy atom. The molecular weight excluding hydrogens is 218 g/mol. The van der Waals surface area contributed by atoms with Gasteiger partial charge in [0.2, 0.25) is 0 Å². The van der Waals surface area contributed by atoms with Crippen molar-refractivity contribution in [1.82, 2.24) is 4.90 Å². The van der Waals surface area contributed by atoms with E-state index in [4.69, 9.17) is 12.2 Å². The highest BCUT2D eigenvalue weighted by Crippen LogP contribution is 2.28. The van der Waals surface area contributed by atoms with Crippen LogP contribution in [-0.4, -0.2) is 41.2 Å². The molecule has 0 radical (unpaired) electrons. The van der Waals surface area contributed by atoms with Gasteiger partial charge in [-0.05, 0) is 12.7 Å². The molecule has 0 amide bonds. The van der Waals surface area contributed by atoms with Gasteiger partial charge >= 0.3 is 0 Å². The van der Waals surface area contributed by atoms with Crippen molar-refractivity contribution in [3.63, 3.8) is 0 Å². The number of thiocarbonyl (C=S) groups is 1. The molecule has 0 aromatic carbocycles. The van der Waals surface area contributed by atoms with Gasteiger partial charge in [-0.2, -0.15) is 24.4 Å². The van der Waals surface area contributed by atoms with Crippen LogP contribution in [0.25, 0.3) is 0 Å². The fourth-order valence-electron chi connectivity index (χ4n) is 0.412. The van der Waals surface area contributed by atoms with Gasteiger partial charge in [0.1, 0.15) is 0 Å². The van der Waals surface area contributed by atoms with Crippen LogP contribution in [0.15, 0.2) is 0 Å². The zero-order valence-electron chi connectivity index (χ0n) is 9.20. The van der Waals surface area contributed by atoms with Crippen LogP contribution in [-0.2, 0) is 0 Å². The molecule has 13 heavy (non-hydrogen) atoms. The van der Waals surface area contributed by atoms with E-state index in [0.29, 0.717) is 0 Å². The lowest BCUT2D eigenvalue weighted by Gasteiger charge is -2.09. The second-order valence-electron chi connectivity index (χ2n) is 2.79. The SMILES string of the molecule is CC1CS1.CCC(=S)N(C)C.CS. The maximum absolute atomic E-state index is 4.91. The minimum atomic E-state index is 0.975. The molecule has 1 nitrogen and oxygen atoms in total. The zero-order chi connectivity index (χ0) is 10.9. The molecule has 0 aromatic rings. The monoisotopic (exact) mass is 239 g/mol. The van der Waals surface area contributed by atoms with E-state index in [1.165, 1.54) is 5.75 Å². The van der Waals surface area contributed by atoms with Crippen LogP contribution in [0.4, 0.5) is 0 Å². The van der Waals surface area contributed by atoms with Crippen molar-refractivity contribution >= 4 is 41.6 Å². The van der Waals surface area contributed by atoms with Gasteiger partial charge in [0, 0.05) is 25.1 Å². The first-order valence-electron chi connectivity index (χ1n) is 4.34. The Hall–Kier alpha value is 0.590. The smallest absolute Gasteiger partial charge is 0.0771 e. The van der Waals surface area contributed by atoms with E-state index >= 15 is 0 Å². The van der Waals surface area contributed by atoms with Gasteiger partial charge in [0.05, 0.1) is 4.99 Å². The van der Waals surface area contributed by atoms with Crippen LogP contribution >= 0.6 is 36.6 Å². The average molecular weight is 239 g/mol. The van der Waals surface area contributed by atoms with Gasteiger partial charge in [0.25, 0.3) is 0 Å². The summed E-state index contributed by atoms with van der Waals surface area (Å²) < 4.78 is 0. The van der Waals surface area contributed by atoms with Gasteiger partial charge in [-0.15, -0.1) is 0 Å². The molecule has 4 heteroatoms. The average Bonchev–Trinajstić information content (AvgIpc) is 2.90. The highest BCUT2D eigenvalue weighted by Gasteiger charge is 2.13. The summed E-state index contributed by atoms with van der Waals surface area (Å²) in [6.45, 7) is 4.30. The summed E-state index contributed by atoms with van der Waals surface area (Å²) in [4.78, 5) is 2.97. The minimum Gasteiger partial charge on any atom is -0.372 e. The van der Waals surface area contributed by atoms with E-state index < -0.39 is 0 Å². The standard InChI is InChI=1S/C5H11NS.C3H6S.CH4S/c1-4-5(7)6(2)3;1-3-2-4-3;1-2/h4H2,1-3H3;3H,2H2,1H3;2H,1H3. The molecule has 0 saturated carbocycles. The van der Waals surface area contributed by atoms with Crippen LogP contribution in [0.1, 0.15) is 20.3 Å². The zero-order valence-corrected chi connectivity index (χ0v) is 11.7. The van der Waals surface area contributed by atoms with E-state index in [1.807, 2.05) is 30.8 Å². The summed E-state index contributed by atoms with van der Waals surface area (Å²) >= 11 is 10.5. The Labute approximate surface area is 98.1 Å². The highest BCUT2D eigenvalue weighted by molar-refractivity contribution is 8.06. The molecule has 1 unspecified atom stereocenters. The van der Waals surface area contributed by atoms with Crippen LogP contribution < -0.4 is 0 Å². The Balaban J connectivity index is 0. The molecule has 1 saturated heterocycles. The first kappa shape index (κ1) is 16.0. The lowest BCUT2D eigenvalue weighted by atomic mass is 10.5. The highest BCUT2D eigenvalue weighted by atomic mass is 32.2. The normalized spacial score (nSPS) is 17.2. The van der Waals surface area contributed by atoms with E-state index in [1.54, 1.807) is 6.26 Å². The van der Waals surface area contributed by atoms with E-state index in [0.717, 1.165) is 16.7 Å². The Kier molecular flexibility index (Phi) is 13.2. The van der Waals surface area contributed by atoms with Gasteiger partial charge < -0.3 is 4.90 Å². The summed E-state index contributed by atoms with van der Waals surface area (Å²) in [5.74, 6) is 1.40. The molecule has 0 aliphatic carbocycles. The van der Waals surface area contributed by atoms with Crippen molar-refractivity contribution < 1.29 is 0 Å². The lowest BCUT2D eigenvalue weighted by molar-refractivity contribution is 0.622. The molecule has 80 valence electrons. The fraction of sp³-hybridized carbons (Fsp3) is 0.889. The van der Waals surface area contributed by atoms with Crippen molar-refractivity contribution in [3.8, 4) is 0 Å². The minimum absolute atomic E-state index is 0.975. The first-order chi connectivity index (χ1) is 6.07. The molecule has 1 heterocycles. The molecule has 0 bridgehead atoms. The Bertz CT molecular complexity index is 122. The van der Waals surface area contributed by atoms with E-state index in [-0.39, 0.29) is 0 Å². The third-order valence-corrected chi connectivity index (χ3v) is 2.96. The molecule has 0 N–H and O–H groups in total. The largest absolute Gasteiger partial charge is 0.372 e. The van der Waals surface area contributed by atoms with Gasteiger partial charge in [-0.25, -0.2) is 0 Å². The molecule has 1 aliphatic heterocycles. The Morgan fingerprint density at radius 1 is 1.54 bits per heavy atom. The number of thioether (sulfide) groups is 1. The molecule has 1 atom stereocenters. The van der Waals surface area contributed by atoms with Crippen LogP contribution in [0.5, 0.6) is 0 Å². The molecular formula is C9H21NS3. The first-order valence-corrected chi connectivity index (χ1v) is 6.69. The summed E-state index contributed by atoms with van der Waals surface area (Å²) in [6, 6.07) is 0. The van der Waals surface area contributed by atoms with E-state index in [2.05, 4.69) is 26.5 Å². The van der Waals surface area contributed by atoms with Crippen molar-refractivity contribution in [2.24, 2.45) is 0 Å². The summed E-state index contributed by atoms with van der Waals surface area (Å²) in [6.07, 6.45) is 2.67. The summed E-state index contributed by atoms with van der Waals surface area (Å²) in [5, 5.41) is 1.000. The van der Waals surface area contributed by atoms with Crippen LogP contribution in [0.2, 0.25) is 0 Å². The molecule has 0 spiro atoms. The topological polar surface area (TPSA) is 3.24 Å². The quantitative estimate of drug-likeness (QED) is 0.426. The number of hydrogen-bond donors (Lipinski definition) is 1. The van der Waals surface area contributed by atoms with E-state index in [9.17, 15) is 0 Å². The Morgan fingerprint density at radius 3 is 1.85 bits per heavy atom. The third kappa shape index (κ3) is 15.4. The van der Waals surface area contributed by atoms with Crippen LogP contribution in [0, 0.1) is 0 Å². The molecule has 0 aromatic heterocycles. The van der Waals surface area contributed by atoms with Crippen molar-refractivity contribution in [1.29, 1.82) is 0 Å². The fourth-order valence-corrected chi connectivity index (χ4v) is 0.605. The number of rotatable bonds is 1. The van der Waals surface area contributed by atoms with Gasteiger partial charge in [-0.3, -0.25) is 0 Å². The van der Waals surface area contributed by atoms with Crippen molar-refractivity contribution in [3.05, 3.63) is 0 Å². The van der Waals surface area contributed by atoms with Crippen LogP contribution in [0.3, 0.4) is 0 Å². The second kappa shape index (κ2) is 10.7. The predicted molar refractivity (Wildman–Crippen MR) is 73.4 cm³/mol.